The number of hydrogen-bond donors (Lipinski definition) is 3. The molecular weight excluding hydrogens is 318 g/mol. The quantitative estimate of drug-likeness (QED) is 0.636. The molecule has 1 aromatic carbocycles. The third-order valence-corrected chi connectivity index (χ3v) is 4.69. The summed E-state index contributed by atoms with van der Waals surface area (Å²) in [5.41, 5.74) is 6.30. The second-order valence-electron chi connectivity index (χ2n) is 6.87. The maximum atomic E-state index is 12.6. The van der Waals surface area contributed by atoms with Crippen LogP contribution in [0.25, 0.3) is 0 Å². The lowest BCUT2D eigenvalue weighted by molar-refractivity contribution is -0.124. The summed E-state index contributed by atoms with van der Waals surface area (Å²) in [7, 11) is 0. The zero-order valence-corrected chi connectivity index (χ0v) is 15.3. The van der Waals surface area contributed by atoms with Gasteiger partial charge in [0.1, 0.15) is 5.75 Å². The summed E-state index contributed by atoms with van der Waals surface area (Å²) < 4.78 is 5.65. The van der Waals surface area contributed by atoms with Gasteiger partial charge >= 0.3 is 0 Å². The number of nitrogens with one attached hydrogen (secondary N) is 2. The van der Waals surface area contributed by atoms with Crippen molar-refractivity contribution in [3.63, 3.8) is 0 Å². The molecule has 0 aromatic heterocycles. The van der Waals surface area contributed by atoms with Crippen LogP contribution < -0.4 is 21.1 Å². The lowest BCUT2D eigenvalue weighted by Gasteiger charge is -2.30. The average Bonchev–Trinajstić information content (AvgIpc) is 3.40. The highest BCUT2D eigenvalue weighted by Crippen LogP contribution is 2.39. The van der Waals surface area contributed by atoms with Gasteiger partial charge < -0.3 is 21.1 Å². The van der Waals surface area contributed by atoms with Gasteiger partial charge in [0.2, 0.25) is 11.8 Å². The Morgan fingerprint density at radius 3 is 2.60 bits per heavy atom. The average molecular weight is 347 g/mol. The molecule has 0 saturated heterocycles. The first-order valence-corrected chi connectivity index (χ1v) is 8.89. The number of nitrogens with two attached hydrogens (primary N) is 1. The van der Waals surface area contributed by atoms with Gasteiger partial charge in [0.25, 0.3) is 0 Å². The summed E-state index contributed by atoms with van der Waals surface area (Å²) in [5, 5.41) is 5.94. The molecule has 1 fully saturated rings. The van der Waals surface area contributed by atoms with Crippen LogP contribution in [-0.4, -0.2) is 30.5 Å². The molecule has 1 aromatic rings. The number of amides is 2. The number of rotatable bonds is 9. The van der Waals surface area contributed by atoms with Gasteiger partial charge in [-0.3, -0.25) is 9.59 Å². The molecule has 6 nitrogen and oxygen atoms in total. The van der Waals surface area contributed by atoms with Gasteiger partial charge in [0.15, 0.2) is 0 Å². The molecule has 0 aliphatic heterocycles. The van der Waals surface area contributed by atoms with E-state index in [9.17, 15) is 9.59 Å². The molecule has 1 aliphatic carbocycles. The number of benzene rings is 1. The van der Waals surface area contributed by atoms with Gasteiger partial charge in [-0.2, -0.15) is 0 Å². The van der Waals surface area contributed by atoms with Crippen LogP contribution in [0.4, 0.5) is 0 Å². The van der Waals surface area contributed by atoms with Crippen molar-refractivity contribution < 1.29 is 14.3 Å². The van der Waals surface area contributed by atoms with Crippen LogP contribution in [0.5, 0.6) is 5.75 Å². The number of carbonyl (C=O) groups excluding carboxylic acids is 2. The van der Waals surface area contributed by atoms with Crippen LogP contribution in [0, 0.1) is 5.92 Å². The first-order valence-electron chi connectivity index (χ1n) is 8.89. The molecule has 4 N–H and O–H groups in total. The van der Waals surface area contributed by atoms with E-state index in [2.05, 4.69) is 10.6 Å². The Morgan fingerprint density at radius 2 is 2.04 bits per heavy atom. The van der Waals surface area contributed by atoms with Crippen molar-refractivity contribution in [2.75, 3.05) is 13.2 Å². The van der Waals surface area contributed by atoms with Crippen molar-refractivity contribution in [2.24, 2.45) is 11.7 Å². The van der Waals surface area contributed by atoms with E-state index in [4.69, 9.17) is 10.5 Å². The van der Waals surface area contributed by atoms with Gasteiger partial charge in [0, 0.05) is 19.0 Å². The Bertz CT molecular complexity index is 616. The van der Waals surface area contributed by atoms with Gasteiger partial charge in [-0.05, 0) is 38.7 Å². The summed E-state index contributed by atoms with van der Waals surface area (Å²) in [6.45, 7) is 6.26. The van der Waals surface area contributed by atoms with E-state index < -0.39 is 6.04 Å². The summed E-state index contributed by atoms with van der Waals surface area (Å²) in [4.78, 5) is 24.3. The van der Waals surface area contributed by atoms with E-state index in [0.717, 1.165) is 18.4 Å². The highest BCUT2D eigenvalue weighted by molar-refractivity contribution is 5.80. The van der Waals surface area contributed by atoms with Crippen LogP contribution in [-0.2, 0) is 9.59 Å². The standard InChI is InChI=1S/C19H29N3O3/c1-4-25-17-8-6-5-7-15(17)16(21-13(2)23)11-18(24)22-19(3,12-20)14-9-10-14/h5-8,14,16H,4,9-12,20H2,1-3H3,(H,21,23)(H,22,24). The largest absolute Gasteiger partial charge is 0.494 e. The minimum Gasteiger partial charge on any atom is -0.494 e. The first-order chi connectivity index (χ1) is 11.9. The van der Waals surface area contributed by atoms with E-state index in [0.29, 0.717) is 24.8 Å². The fourth-order valence-corrected chi connectivity index (χ4v) is 3.13. The van der Waals surface area contributed by atoms with E-state index in [1.54, 1.807) is 0 Å². The summed E-state index contributed by atoms with van der Waals surface area (Å²) in [6, 6.07) is 7.03. The van der Waals surface area contributed by atoms with E-state index in [1.807, 2.05) is 38.1 Å². The van der Waals surface area contributed by atoms with Crippen LogP contribution >= 0.6 is 0 Å². The zero-order valence-electron chi connectivity index (χ0n) is 15.3. The Morgan fingerprint density at radius 1 is 1.36 bits per heavy atom. The SMILES string of the molecule is CCOc1ccccc1C(CC(=O)NC(C)(CN)C1CC1)NC(C)=O. The van der Waals surface area contributed by atoms with Crippen molar-refractivity contribution in [3.8, 4) is 5.75 Å². The molecule has 25 heavy (non-hydrogen) atoms. The van der Waals surface area contributed by atoms with Gasteiger partial charge in [-0.1, -0.05) is 18.2 Å². The van der Waals surface area contributed by atoms with E-state index in [1.165, 1.54) is 6.92 Å². The third kappa shape index (κ3) is 5.19. The molecule has 2 rings (SSSR count). The van der Waals surface area contributed by atoms with Crippen LogP contribution in [0.15, 0.2) is 24.3 Å². The highest BCUT2D eigenvalue weighted by atomic mass is 16.5. The van der Waals surface area contributed by atoms with Crippen molar-refractivity contribution in [3.05, 3.63) is 29.8 Å². The zero-order chi connectivity index (χ0) is 18.4. The molecule has 2 amide bonds. The highest BCUT2D eigenvalue weighted by Gasteiger charge is 2.41. The maximum absolute atomic E-state index is 12.6. The fourth-order valence-electron chi connectivity index (χ4n) is 3.13. The predicted octanol–water partition coefficient (Wildman–Crippen LogP) is 1.90. The third-order valence-electron chi connectivity index (χ3n) is 4.69. The van der Waals surface area contributed by atoms with Gasteiger partial charge in [-0.25, -0.2) is 0 Å². The second-order valence-corrected chi connectivity index (χ2v) is 6.87. The number of ether oxygens (including phenoxy) is 1. The molecule has 0 heterocycles. The number of para-hydroxylation sites is 1. The molecule has 0 bridgehead atoms. The van der Waals surface area contributed by atoms with E-state index in [-0.39, 0.29) is 23.8 Å². The smallest absolute Gasteiger partial charge is 0.222 e. The fraction of sp³-hybridized carbons (Fsp3) is 0.579. The monoisotopic (exact) mass is 347 g/mol. The second kappa shape index (κ2) is 8.34. The normalized spacial score (nSPS) is 17.3. The molecule has 6 heteroatoms. The molecule has 2 unspecified atom stereocenters. The van der Waals surface area contributed by atoms with Crippen molar-refractivity contribution in [1.29, 1.82) is 0 Å². The molecule has 1 aliphatic rings. The Labute approximate surface area is 149 Å². The molecule has 0 spiro atoms. The van der Waals surface area contributed by atoms with Gasteiger partial charge in [-0.15, -0.1) is 0 Å². The Kier molecular flexibility index (Phi) is 6.42. The molecule has 138 valence electrons. The van der Waals surface area contributed by atoms with Crippen molar-refractivity contribution in [2.45, 2.75) is 51.6 Å². The summed E-state index contributed by atoms with van der Waals surface area (Å²) in [5.74, 6) is 0.814. The Hall–Kier alpha value is -2.08. The summed E-state index contributed by atoms with van der Waals surface area (Å²) in [6.07, 6.45) is 2.33. The van der Waals surface area contributed by atoms with Crippen molar-refractivity contribution >= 4 is 11.8 Å². The topological polar surface area (TPSA) is 93.4 Å². The number of hydrogen-bond acceptors (Lipinski definition) is 4. The number of carbonyl (C=O) groups is 2. The lowest BCUT2D eigenvalue weighted by atomic mass is 9.94. The van der Waals surface area contributed by atoms with Gasteiger partial charge in [0.05, 0.1) is 24.6 Å². The first kappa shape index (κ1) is 19.2. The minimum atomic E-state index is -0.443. The van der Waals surface area contributed by atoms with Crippen molar-refractivity contribution in [1.82, 2.24) is 10.6 Å². The molecule has 0 radical (unpaired) electrons. The van der Waals surface area contributed by atoms with Crippen LogP contribution in [0.2, 0.25) is 0 Å². The lowest BCUT2D eigenvalue weighted by Crippen LogP contribution is -2.53. The van der Waals surface area contributed by atoms with Crippen LogP contribution in [0.3, 0.4) is 0 Å². The Balaban J connectivity index is 2.15. The predicted molar refractivity (Wildman–Crippen MR) is 97.1 cm³/mol. The minimum absolute atomic E-state index is 0.120. The maximum Gasteiger partial charge on any atom is 0.222 e. The molecule has 1 saturated carbocycles. The molecular formula is C19H29N3O3. The van der Waals surface area contributed by atoms with E-state index >= 15 is 0 Å². The summed E-state index contributed by atoms with van der Waals surface area (Å²) >= 11 is 0. The van der Waals surface area contributed by atoms with Crippen LogP contribution in [0.1, 0.15) is 51.6 Å². The molecule has 2 atom stereocenters.